The number of aliphatic carboxylic acids is 1. The maximum atomic E-state index is 11.7. The van der Waals surface area contributed by atoms with E-state index in [0.717, 1.165) is 22.9 Å². The fourth-order valence-electron chi connectivity index (χ4n) is 3.48. The van der Waals surface area contributed by atoms with Crippen LogP contribution in [0.3, 0.4) is 0 Å². The van der Waals surface area contributed by atoms with E-state index in [2.05, 4.69) is 0 Å². The van der Waals surface area contributed by atoms with Gasteiger partial charge in [-0.25, -0.2) is 4.79 Å². The largest absolute Gasteiger partial charge is 0.477 e. The van der Waals surface area contributed by atoms with Crippen LogP contribution in [0.2, 0.25) is 10.0 Å². The molecule has 1 N–H and O–H groups in total. The molecule has 2 unspecified atom stereocenters. The van der Waals surface area contributed by atoms with Crippen molar-refractivity contribution in [3.8, 4) is 0 Å². The molecule has 2 aliphatic rings. The maximum Gasteiger partial charge on any atom is 0.344 e. The van der Waals surface area contributed by atoms with Crippen molar-refractivity contribution in [3.05, 3.63) is 80.3 Å². The second-order valence-electron chi connectivity index (χ2n) is 6.39. The molecule has 2 aromatic carbocycles. The average Bonchev–Trinajstić information content (AvgIpc) is 3.21. The van der Waals surface area contributed by atoms with Gasteiger partial charge in [-0.1, -0.05) is 47.5 Å². The summed E-state index contributed by atoms with van der Waals surface area (Å²) >= 11 is 13.3. The lowest BCUT2D eigenvalue weighted by Crippen LogP contribution is -2.29. The van der Waals surface area contributed by atoms with Gasteiger partial charge >= 0.3 is 5.97 Å². The van der Waals surface area contributed by atoms with Crippen LogP contribution >= 0.6 is 35.0 Å². The summed E-state index contributed by atoms with van der Waals surface area (Å²) in [5.41, 5.74) is 2.60. The summed E-state index contributed by atoms with van der Waals surface area (Å²) in [7, 11) is 1.55. The summed E-state index contributed by atoms with van der Waals surface area (Å²) < 4.78 is 5.30. The first-order valence-electron chi connectivity index (χ1n) is 8.51. The minimum atomic E-state index is -0.980. The summed E-state index contributed by atoms with van der Waals surface area (Å²) in [6, 6.07) is 14.7. The number of hydrogen-bond acceptors (Lipinski definition) is 5. The summed E-state index contributed by atoms with van der Waals surface area (Å²) in [4.78, 5) is 18.8. The molecule has 0 aliphatic carbocycles. The smallest absolute Gasteiger partial charge is 0.344 e. The van der Waals surface area contributed by atoms with Crippen LogP contribution in [0.25, 0.3) is 0 Å². The van der Waals surface area contributed by atoms with Gasteiger partial charge < -0.3 is 14.7 Å². The molecule has 0 fully saturated rings. The molecule has 2 aliphatic heterocycles. The van der Waals surface area contributed by atoms with E-state index in [0.29, 0.717) is 20.9 Å². The van der Waals surface area contributed by atoms with Crippen LogP contribution in [0.15, 0.2) is 64.1 Å². The number of carbonyl (C=O) groups is 1. The third-order valence-electron chi connectivity index (χ3n) is 4.68. The van der Waals surface area contributed by atoms with Gasteiger partial charge in [0.15, 0.2) is 5.17 Å². The SMILES string of the molecule is COCC1=C(C(=O)O)SC2=NC(c3ccc(Cl)cc3)C(c3ccc(Cl)cc3)N21. The third-order valence-corrected chi connectivity index (χ3v) is 6.28. The van der Waals surface area contributed by atoms with E-state index < -0.39 is 5.97 Å². The molecule has 0 amide bonds. The van der Waals surface area contributed by atoms with Crippen molar-refractivity contribution in [2.75, 3.05) is 13.7 Å². The van der Waals surface area contributed by atoms with E-state index in [9.17, 15) is 9.90 Å². The molecule has 0 bridgehead atoms. The van der Waals surface area contributed by atoms with Crippen molar-refractivity contribution in [2.45, 2.75) is 12.1 Å². The zero-order valence-electron chi connectivity index (χ0n) is 14.8. The second kappa shape index (κ2) is 7.79. The number of ether oxygens (including phenoxy) is 1. The van der Waals surface area contributed by atoms with Gasteiger partial charge in [-0.2, -0.15) is 0 Å². The highest BCUT2D eigenvalue weighted by Gasteiger charge is 2.46. The lowest BCUT2D eigenvalue weighted by molar-refractivity contribution is -0.131. The first kappa shape index (κ1) is 19.3. The summed E-state index contributed by atoms with van der Waals surface area (Å²) in [5.74, 6) is -0.980. The monoisotopic (exact) mass is 434 g/mol. The minimum Gasteiger partial charge on any atom is -0.477 e. The minimum absolute atomic E-state index is 0.186. The number of amidine groups is 1. The van der Waals surface area contributed by atoms with Crippen molar-refractivity contribution >= 4 is 46.1 Å². The standard InChI is InChI=1S/C20H16Cl2N2O3S/c1-27-10-15-18(19(25)26)28-20-23-16(11-2-6-13(21)7-3-11)17(24(15)20)12-4-8-14(22)9-5-12/h2-9,16-17H,10H2,1H3,(H,25,26). The van der Waals surface area contributed by atoms with E-state index in [1.54, 1.807) is 7.11 Å². The van der Waals surface area contributed by atoms with Crippen LogP contribution in [-0.4, -0.2) is 34.9 Å². The molecule has 28 heavy (non-hydrogen) atoms. The normalized spacial score (nSPS) is 21.1. The van der Waals surface area contributed by atoms with Gasteiger partial charge in [0.25, 0.3) is 0 Å². The fraction of sp³-hybridized carbons (Fsp3) is 0.200. The second-order valence-corrected chi connectivity index (χ2v) is 8.24. The quantitative estimate of drug-likeness (QED) is 0.705. The lowest BCUT2D eigenvalue weighted by atomic mass is 9.93. The van der Waals surface area contributed by atoms with Crippen molar-refractivity contribution < 1.29 is 14.6 Å². The summed E-state index contributed by atoms with van der Waals surface area (Å²) in [6.45, 7) is 0.186. The average molecular weight is 435 g/mol. The van der Waals surface area contributed by atoms with E-state index in [4.69, 9.17) is 32.9 Å². The van der Waals surface area contributed by atoms with Gasteiger partial charge in [-0.05, 0) is 47.2 Å². The number of thioether (sulfide) groups is 1. The van der Waals surface area contributed by atoms with E-state index in [1.165, 1.54) is 0 Å². The van der Waals surface area contributed by atoms with Crippen molar-refractivity contribution in [1.82, 2.24) is 4.90 Å². The molecule has 2 aromatic rings. The number of benzene rings is 2. The Morgan fingerprint density at radius 2 is 1.68 bits per heavy atom. The molecule has 0 radical (unpaired) electrons. The van der Waals surface area contributed by atoms with Crippen molar-refractivity contribution in [1.29, 1.82) is 0 Å². The Kier molecular flexibility index (Phi) is 5.38. The Labute approximate surface area is 176 Å². The summed E-state index contributed by atoms with van der Waals surface area (Å²) in [5, 5.41) is 11.6. The molecule has 8 heteroatoms. The van der Waals surface area contributed by atoms with Gasteiger partial charge in [0.1, 0.15) is 10.9 Å². The van der Waals surface area contributed by atoms with Crippen LogP contribution < -0.4 is 0 Å². The maximum absolute atomic E-state index is 11.7. The number of aliphatic imine (C=N–C) groups is 1. The molecular formula is C20H16Cl2N2O3S. The number of halogens is 2. The van der Waals surface area contributed by atoms with Crippen LogP contribution in [0.5, 0.6) is 0 Å². The molecule has 0 aromatic heterocycles. The zero-order chi connectivity index (χ0) is 19.8. The van der Waals surface area contributed by atoms with E-state index in [1.807, 2.05) is 53.4 Å². The molecular weight excluding hydrogens is 419 g/mol. The Bertz CT molecular complexity index is 974. The van der Waals surface area contributed by atoms with Crippen LogP contribution in [0.1, 0.15) is 23.2 Å². The highest BCUT2D eigenvalue weighted by molar-refractivity contribution is 8.18. The molecule has 2 heterocycles. The number of nitrogens with zero attached hydrogens (tertiary/aromatic N) is 2. The lowest BCUT2D eigenvalue weighted by Gasteiger charge is -2.29. The number of carboxylic acid groups (broad SMARTS) is 1. The topological polar surface area (TPSA) is 62.1 Å². The number of hydrogen-bond donors (Lipinski definition) is 1. The predicted octanol–water partition coefficient (Wildman–Crippen LogP) is 5.14. The highest BCUT2D eigenvalue weighted by Crippen LogP contribution is 2.51. The first-order valence-corrected chi connectivity index (χ1v) is 10.1. The highest BCUT2D eigenvalue weighted by atomic mass is 35.5. The third kappa shape index (κ3) is 3.42. The Balaban J connectivity index is 1.83. The Morgan fingerprint density at radius 1 is 1.11 bits per heavy atom. The number of methoxy groups -OCH3 is 1. The molecule has 0 saturated heterocycles. The number of fused-ring (bicyclic) bond motifs is 1. The van der Waals surface area contributed by atoms with Gasteiger partial charge in [-0.3, -0.25) is 4.99 Å². The van der Waals surface area contributed by atoms with Crippen LogP contribution in [0, 0.1) is 0 Å². The first-order chi connectivity index (χ1) is 13.5. The summed E-state index contributed by atoms with van der Waals surface area (Å²) in [6.07, 6.45) is 0. The van der Waals surface area contributed by atoms with E-state index >= 15 is 0 Å². The Morgan fingerprint density at radius 3 is 2.21 bits per heavy atom. The van der Waals surface area contributed by atoms with Crippen LogP contribution in [0.4, 0.5) is 0 Å². The number of rotatable bonds is 5. The van der Waals surface area contributed by atoms with Gasteiger partial charge in [0.2, 0.25) is 0 Å². The van der Waals surface area contributed by atoms with E-state index in [-0.39, 0.29) is 23.6 Å². The zero-order valence-corrected chi connectivity index (χ0v) is 17.1. The fourth-order valence-corrected chi connectivity index (χ4v) is 4.76. The molecule has 5 nitrogen and oxygen atoms in total. The Hall–Kier alpha value is -1.99. The molecule has 0 saturated carbocycles. The van der Waals surface area contributed by atoms with Crippen LogP contribution in [-0.2, 0) is 9.53 Å². The molecule has 2 atom stereocenters. The van der Waals surface area contributed by atoms with Crippen molar-refractivity contribution in [2.24, 2.45) is 4.99 Å². The number of carboxylic acids is 1. The van der Waals surface area contributed by atoms with Gasteiger partial charge in [-0.15, -0.1) is 0 Å². The molecule has 4 rings (SSSR count). The predicted molar refractivity (Wildman–Crippen MR) is 112 cm³/mol. The van der Waals surface area contributed by atoms with Crippen molar-refractivity contribution in [3.63, 3.8) is 0 Å². The molecule has 144 valence electrons. The van der Waals surface area contributed by atoms with Gasteiger partial charge in [0, 0.05) is 17.2 Å². The van der Waals surface area contributed by atoms with Gasteiger partial charge in [0.05, 0.1) is 18.3 Å². The molecule has 0 spiro atoms.